The Morgan fingerprint density at radius 1 is 0.517 bits per heavy atom. The molecule has 4 amide bonds. The number of benzene rings is 1. The molecule has 10 nitrogen and oxygen atoms in total. The Balaban J connectivity index is 0.827. The lowest BCUT2D eigenvalue weighted by molar-refractivity contribution is -0.266. The van der Waals surface area contributed by atoms with E-state index in [4.69, 9.17) is 18.9 Å². The van der Waals surface area contributed by atoms with Gasteiger partial charge in [-0.3, -0.25) is 29.0 Å². The summed E-state index contributed by atoms with van der Waals surface area (Å²) in [7, 11) is 1.62. The molecule has 10 heteroatoms. The average molecular weight is 797 g/mol. The van der Waals surface area contributed by atoms with E-state index in [1.54, 1.807) is 11.9 Å². The SMILES string of the molecule is Cc1ccc(C(C)(C)N2C(=O)C3CC4OC5CC6C(CC5OC4CC3C2=O)C2(CC(C)(C)C3CC4OC5CC7C(=O)N(C)C(=O)C7CC5OC4CC32)CC6(C)C)cc1. The predicted octanol–water partition coefficient (Wildman–Crippen LogP) is 6.59. The van der Waals surface area contributed by atoms with E-state index in [2.05, 4.69) is 27.7 Å². The van der Waals surface area contributed by atoms with Gasteiger partial charge in [-0.2, -0.15) is 0 Å². The maximum absolute atomic E-state index is 14.2. The van der Waals surface area contributed by atoms with Gasteiger partial charge in [0.2, 0.25) is 23.6 Å². The molecule has 0 N–H and O–H groups in total. The Morgan fingerprint density at radius 3 is 1.22 bits per heavy atom. The van der Waals surface area contributed by atoms with Gasteiger partial charge in [-0.05, 0) is 130 Å². The zero-order chi connectivity index (χ0) is 40.6. The summed E-state index contributed by atoms with van der Waals surface area (Å²) in [6.07, 6.45) is 7.84. The predicted molar refractivity (Wildman–Crippen MR) is 213 cm³/mol. The Morgan fingerprint density at radius 2 is 0.845 bits per heavy atom. The van der Waals surface area contributed by atoms with Gasteiger partial charge in [-0.25, -0.2) is 0 Å². The lowest BCUT2D eigenvalue weighted by Gasteiger charge is -2.54. The number of hydrogen-bond donors (Lipinski definition) is 0. The number of fused-ring (bicyclic) bond motifs is 10. The molecule has 314 valence electrons. The molecule has 17 atom stereocenters. The van der Waals surface area contributed by atoms with Gasteiger partial charge in [-0.15, -0.1) is 0 Å². The number of nitrogens with zero attached hydrogens (tertiary/aromatic N) is 2. The van der Waals surface area contributed by atoms with Gasteiger partial charge in [0.1, 0.15) is 0 Å². The van der Waals surface area contributed by atoms with E-state index in [1.807, 2.05) is 45.0 Å². The summed E-state index contributed by atoms with van der Waals surface area (Å²) < 4.78 is 28.2. The van der Waals surface area contributed by atoms with Crippen molar-refractivity contribution in [2.45, 2.75) is 167 Å². The number of ether oxygens (including phenoxy) is 4. The number of carbonyl (C=O) groups is 4. The van der Waals surface area contributed by atoms with Crippen molar-refractivity contribution >= 4 is 23.6 Å². The first-order valence-electron chi connectivity index (χ1n) is 22.8. The van der Waals surface area contributed by atoms with Crippen LogP contribution in [0.2, 0.25) is 0 Å². The second kappa shape index (κ2) is 12.5. The van der Waals surface area contributed by atoms with Crippen molar-refractivity contribution in [3.05, 3.63) is 35.4 Å². The molecule has 4 heterocycles. The highest BCUT2D eigenvalue weighted by Gasteiger charge is 2.71. The smallest absolute Gasteiger partial charge is 0.233 e. The van der Waals surface area contributed by atoms with Crippen LogP contribution in [0.1, 0.15) is 117 Å². The minimum Gasteiger partial charge on any atom is -0.370 e. The fourth-order valence-corrected chi connectivity index (χ4v) is 16.2. The van der Waals surface area contributed by atoms with Crippen molar-refractivity contribution in [2.75, 3.05) is 7.05 Å². The van der Waals surface area contributed by atoms with E-state index in [1.165, 1.54) is 17.7 Å². The maximum Gasteiger partial charge on any atom is 0.233 e. The Bertz CT molecular complexity index is 1940. The number of likely N-dealkylation sites (tertiary alicyclic amines) is 2. The first-order chi connectivity index (χ1) is 27.4. The monoisotopic (exact) mass is 796 g/mol. The summed E-state index contributed by atoms with van der Waals surface area (Å²) in [6, 6.07) is 8.18. The largest absolute Gasteiger partial charge is 0.370 e. The molecule has 6 saturated carbocycles. The molecule has 17 unspecified atom stereocenters. The van der Waals surface area contributed by atoms with Gasteiger partial charge in [0, 0.05) is 7.05 Å². The van der Waals surface area contributed by atoms with Gasteiger partial charge < -0.3 is 18.9 Å². The molecule has 0 aromatic heterocycles. The molecule has 11 rings (SSSR count). The van der Waals surface area contributed by atoms with E-state index >= 15 is 0 Å². The Labute approximate surface area is 343 Å². The molecule has 10 fully saturated rings. The van der Waals surface area contributed by atoms with Gasteiger partial charge in [0.15, 0.2) is 0 Å². The third-order valence-corrected chi connectivity index (χ3v) is 18.6. The van der Waals surface area contributed by atoms with E-state index in [9.17, 15) is 19.2 Å². The average Bonchev–Trinajstić information content (AvgIpc) is 3.72. The molecule has 0 bridgehead atoms. The lowest BCUT2D eigenvalue weighted by Crippen LogP contribution is -2.59. The molecular weight excluding hydrogens is 733 g/mol. The third-order valence-electron chi connectivity index (χ3n) is 18.6. The van der Waals surface area contributed by atoms with Crippen LogP contribution < -0.4 is 0 Å². The van der Waals surface area contributed by atoms with Crippen LogP contribution in [0.15, 0.2) is 24.3 Å². The highest BCUT2D eigenvalue weighted by Crippen LogP contribution is 2.75. The number of rotatable bonds is 2. The van der Waals surface area contributed by atoms with Gasteiger partial charge in [0.25, 0.3) is 0 Å². The van der Waals surface area contributed by atoms with Crippen LogP contribution in [0.3, 0.4) is 0 Å². The zero-order valence-electron chi connectivity index (χ0n) is 35.8. The molecule has 4 saturated heterocycles. The number of hydrogen-bond acceptors (Lipinski definition) is 8. The van der Waals surface area contributed by atoms with Crippen LogP contribution in [-0.4, -0.2) is 89.3 Å². The summed E-state index contributed by atoms with van der Waals surface area (Å²) in [5.41, 5.74) is 1.81. The standard InChI is InChI=1S/C48H64N2O8/c1-23-9-11-24(12-10-23)47(6,7)50-43(53)27-15-35-36(16-28(27)44(50)54)58-40-20-32-30(18-38(40)56-35)46(4,5)22-48(32)21-45(2,3)29-17-37-39(19-31(29)48)57-34-14-26-25(13-33(34)55-37)41(51)49(8)42(26)52/h9-12,25-40H,13-22H2,1-8H3. The van der Waals surface area contributed by atoms with E-state index < -0.39 is 5.54 Å². The zero-order valence-corrected chi connectivity index (χ0v) is 35.8. The van der Waals surface area contributed by atoms with E-state index in [-0.39, 0.29) is 112 Å². The minimum atomic E-state index is -0.744. The lowest BCUT2D eigenvalue weighted by atomic mass is 9.59. The summed E-state index contributed by atoms with van der Waals surface area (Å²) in [5.74, 6) is 0.457. The van der Waals surface area contributed by atoms with Gasteiger partial charge >= 0.3 is 0 Å². The highest BCUT2D eigenvalue weighted by atomic mass is 16.6. The molecule has 4 aliphatic heterocycles. The highest BCUT2D eigenvalue weighted by molar-refractivity contribution is 6.06. The van der Waals surface area contributed by atoms with Crippen LogP contribution in [0.5, 0.6) is 0 Å². The Hall–Kier alpha value is -2.66. The molecule has 1 aromatic carbocycles. The Kier molecular flexibility index (Phi) is 8.23. The number of carbonyl (C=O) groups excluding carboxylic acids is 4. The number of amides is 4. The van der Waals surface area contributed by atoms with Crippen molar-refractivity contribution in [2.24, 2.45) is 63.6 Å². The molecule has 0 radical (unpaired) electrons. The minimum absolute atomic E-state index is 0.000629. The van der Waals surface area contributed by atoms with Crippen molar-refractivity contribution in [3.8, 4) is 0 Å². The number of imide groups is 2. The summed E-state index contributed by atoms with van der Waals surface area (Å²) in [6.45, 7) is 16.0. The quantitative estimate of drug-likeness (QED) is 0.309. The van der Waals surface area contributed by atoms with Gasteiger partial charge in [0.05, 0.1) is 78.0 Å². The fourth-order valence-electron chi connectivity index (χ4n) is 16.2. The summed E-state index contributed by atoms with van der Waals surface area (Å²) >= 11 is 0. The molecule has 10 aliphatic rings. The fraction of sp³-hybridized carbons (Fsp3) is 0.792. The van der Waals surface area contributed by atoms with Crippen LogP contribution in [-0.2, 0) is 43.7 Å². The molecule has 58 heavy (non-hydrogen) atoms. The molecule has 6 aliphatic carbocycles. The second-order valence-corrected chi connectivity index (χ2v) is 22.8. The number of aryl methyl sites for hydroxylation is 1. The van der Waals surface area contributed by atoms with Crippen LogP contribution in [0.4, 0.5) is 0 Å². The topological polar surface area (TPSA) is 112 Å². The van der Waals surface area contributed by atoms with Crippen LogP contribution in [0.25, 0.3) is 0 Å². The third kappa shape index (κ3) is 5.22. The van der Waals surface area contributed by atoms with Crippen LogP contribution >= 0.6 is 0 Å². The van der Waals surface area contributed by atoms with Crippen LogP contribution in [0, 0.1) is 70.5 Å². The molecule has 1 aromatic rings. The van der Waals surface area contributed by atoms with Crippen molar-refractivity contribution in [3.63, 3.8) is 0 Å². The first-order valence-corrected chi connectivity index (χ1v) is 22.8. The van der Waals surface area contributed by atoms with Gasteiger partial charge in [-0.1, -0.05) is 57.5 Å². The second-order valence-electron chi connectivity index (χ2n) is 22.8. The summed E-state index contributed by atoms with van der Waals surface area (Å²) in [4.78, 5) is 57.2. The maximum atomic E-state index is 14.2. The summed E-state index contributed by atoms with van der Waals surface area (Å²) in [5, 5.41) is 0. The van der Waals surface area contributed by atoms with Crippen molar-refractivity contribution in [1.82, 2.24) is 9.80 Å². The van der Waals surface area contributed by atoms with Crippen molar-refractivity contribution < 1.29 is 38.1 Å². The van der Waals surface area contributed by atoms with E-state index in [0.717, 1.165) is 36.8 Å². The molecular formula is C48H64N2O8. The molecule has 1 spiro atoms. The van der Waals surface area contributed by atoms with Crippen molar-refractivity contribution in [1.29, 1.82) is 0 Å². The van der Waals surface area contributed by atoms with E-state index in [0.29, 0.717) is 49.4 Å². The first kappa shape index (κ1) is 38.3. The normalized spacial score (nSPS) is 48.5.